The molecule has 1 aliphatic heterocycles. The first kappa shape index (κ1) is 14.1. The number of hydrogen-bond donors (Lipinski definition) is 0. The Morgan fingerprint density at radius 3 is 2.86 bits per heavy atom. The lowest BCUT2D eigenvalue weighted by Crippen LogP contribution is -2.44. The van der Waals surface area contributed by atoms with E-state index in [4.69, 9.17) is 10.00 Å². The van der Waals surface area contributed by atoms with Crippen molar-refractivity contribution >= 4 is 5.91 Å². The quantitative estimate of drug-likeness (QED) is 0.862. The lowest BCUT2D eigenvalue weighted by Gasteiger charge is -2.29. The van der Waals surface area contributed by atoms with E-state index >= 15 is 0 Å². The summed E-state index contributed by atoms with van der Waals surface area (Å²) in [5.41, 5.74) is 1.26. The van der Waals surface area contributed by atoms with Crippen LogP contribution in [-0.2, 0) is 17.9 Å². The second-order valence-corrected chi connectivity index (χ2v) is 5.19. The molecule has 0 saturated heterocycles. The molecule has 0 bridgehead atoms. The van der Waals surface area contributed by atoms with Crippen LogP contribution in [0.3, 0.4) is 0 Å². The van der Waals surface area contributed by atoms with Crippen molar-refractivity contribution in [3.63, 3.8) is 0 Å². The summed E-state index contributed by atoms with van der Waals surface area (Å²) in [5, 5.41) is 13.0. The first-order valence-corrected chi connectivity index (χ1v) is 7.14. The Balaban J connectivity index is 1.67. The summed E-state index contributed by atoms with van der Waals surface area (Å²) in [7, 11) is 0. The maximum Gasteiger partial charge on any atom is 0.263 e. The fraction of sp³-hybridized carbons (Fsp3) is 0.312. The van der Waals surface area contributed by atoms with Crippen molar-refractivity contribution in [3.8, 4) is 11.8 Å². The summed E-state index contributed by atoms with van der Waals surface area (Å²) >= 11 is 0. The Bertz CT molecular complexity index is 717. The highest BCUT2D eigenvalue weighted by Gasteiger charge is 2.26. The van der Waals surface area contributed by atoms with Crippen molar-refractivity contribution in [3.05, 3.63) is 47.8 Å². The lowest BCUT2D eigenvalue weighted by atomic mass is 10.2. The predicted molar refractivity (Wildman–Crippen MR) is 78.9 cm³/mol. The van der Waals surface area contributed by atoms with Crippen molar-refractivity contribution in [1.29, 1.82) is 5.26 Å². The largest absolute Gasteiger partial charge is 0.481 e. The Kier molecular flexibility index (Phi) is 3.79. The average molecular weight is 296 g/mol. The Morgan fingerprint density at radius 1 is 1.36 bits per heavy atom. The van der Waals surface area contributed by atoms with E-state index < -0.39 is 6.10 Å². The van der Waals surface area contributed by atoms with Gasteiger partial charge in [-0.25, -0.2) is 0 Å². The van der Waals surface area contributed by atoms with E-state index in [0.717, 1.165) is 5.69 Å². The second kappa shape index (κ2) is 5.90. The Labute approximate surface area is 128 Å². The van der Waals surface area contributed by atoms with Crippen LogP contribution in [0.1, 0.15) is 18.3 Å². The number of nitriles is 1. The molecule has 6 nitrogen and oxygen atoms in total. The topological polar surface area (TPSA) is 71.2 Å². The summed E-state index contributed by atoms with van der Waals surface area (Å²) in [4.78, 5) is 14.2. The first-order chi connectivity index (χ1) is 10.7. The highest BCUT2D eigenvalue weighted by Crippen LogP contribution is 2.17. The third kappa shape index (κ3) is 2.79. The van der Waals surface area contributed by atoms with Gasteiger partial charge in [-0.15, -0.1) is 0 Å². The zero-order valence-electron chi connectivity index (χ0n) is 12.3. The summed E-state index contributed by atoms with van der Waals surface area (Å²) in [6.45, 7) is 3.37. The molecule has 1 unspecified atom stereocenters. The van der Waals surface area contributed by atoms with Crippen LogP contribution in [0.2, 0.25) is 0 Å². The first-order valence-electron chi connectivity index (χ1n) is 7.14. The number of carbonyl (C=O) groups is 1. The highest BCUT2D eigenvalue weighted by molar-refractivity contribution is 5.81. The van der Waals surface area contributed by atoms with Gasteiger partial charge in [-0.3, -0.25) is 9.48 Å². The second-order valence-electron chi connectivity index (χ2n) is 5.19. The Hall–Kier alpha value is -2.81. The number of fused-ring (bicyclic) bond motifs is 1. The SMILES string of the molecule is CC(Oc1ccccc1)C(=O)N1CCn2nc(C#N)cc2C1. The molecule has 1 aliphatic rings. The van der Waals surface area contributed by atoms with Gasteiger partial charge >= 0.3 is 0 Å². The smallest absolute Gasteiger partial charge is 0.263 e. The van der Waals surface area contributed by atoms with Gasteiger partial charge in [0.2, 0.25) is 0 Å². The van der Waals surface area contributed by atoms with Gasteiger partial charge in [0.1, 0.15) is 11.8 Å². The molecule has 0 fully saturated rings. The minimum Gasteiger partial charge on any atom is -0.481 e. The van der Waals surface area contributed by atoms with Crippen LogP contribution in [0.5, 0.6) is 5.75 Å². The number of rotatable bonds is 3. The number of aromatic nitrogens is 2. The van der Waals surface area contributed by atoms with Crippen LogP contribution in [0, 0.1) is 11.3 Å². The summed E-state index contributed by atoms with van der Waals surface area (Å²) in [6, 6.07) is 13.0. The van der Waals surface area contributed by atoms with Crippen LogP contribution < -0.4 is 4.74 Å². The number of amides is 1. The van der Waals surface area contributed by atoms with Crippen LogP contribution >= 0.6 is 0 Å². The van der Waals surface area contributed by atoms with Crippen LogP contribution in [-0.4, -0.2) is 33.2 Å². The third-order valence-electron chi connectivity index (χ3n) is 3.63. The number of hydrogen-bond acceptors (Lipinski definition) is 4. The molecule has 0 radical (unpaired) electrons. The Morgan fingerprint density at radius 2 is 2.14 bits per heavy atom. The number of carbonyl (C=O) groups excluding carboxylic acids is 1. The van der Waals surface area contributed by atoms with Gasteiger partial charge in [0.25, 0.3) is 5.91 Å². The van der Waals surface area contributed by atoms with Crippen molar-refractivity contribution < 1.29 is 9.53 Å². The molecule has 6 heteroatoms. The molecule has 3 rings (SSSR count). The third-order valence-corrected chi connectivity index (χ3v) is 3.63. The zero-order valence-corrected chi connectivity index (χ0v) is 12.3. The zero-order chi connectivity index (χ0) is 15.5. The van der Waals surface area contributed by atoms with E-state index in [2.05, 4.69) is 5.10 Å². The molecule has 1 atom stereocenters. The van der Waals surface area contributed by atoms with E-state index in [-0.39, 0.29) is 5.91 Å². The summed E-state index contributed by atoms with van der Waals surface area (Å²) in [5.74, 6) is 0.618. The molecule has 0 aliphatic carbocycles. The molecule has 1 aromatic carbocycles. The standard InChI is InChI=1S/C16H16N4O2/c1-12(22-15-5-3-2-4-6-15)16(21)19-7-8-20-14(11-19)9-13(10-17)18-20/h2-6,9,12H,7-8,11H2,1H3. The molecule has 1 aromatic heterocycles. The van der Waals surface area contributed by atoms with Gasteiger partial charge in [-0.1, -0.05) is 18.2 Å². The van der Waals surface area contributed by atoms with Crippen molar-refractivity contribution in [2.45, 2.75) is 26.1 Å². The number of ether oxygens (including phenoxy) is 1. The predicted octanol–water partition coefficient (Wildman–Crippen LogP) is 1.56. The average Bonchev–Trinajstić information content (AvgIpc) is 2.97. The maximum atomic E-state index is 12.5. The fourth-order valence-electron chi connectivity index (χ4n) is 2.52. The van der Waals surface area contributed by atoms with Gasteiger partial charge < -0.3 is 9.64 Å². The van der Waals surface area contributed by atoms with Gasteiger partial charge in [-0.2, -0.15) is 10.4 Å². The van der Waals surface area contributed by atoms with Crippen molar-refractivity contribution in [2.24, 2.45) is 0 Å². The molecular weight excluding hydrogens is 280 g/mol. The summed E-state index contributed by atoms with van der Waals surface area (Å²) in [6.07, 6.45) is -0.549. The van der Waals surface area contributed by atoms with E-state index in [0.29, 0.717) is 31.1 Å². The van der Waals surface area contributed by atoms with Crippen LogP contribution in [0.15, 0.2) is 36.4 Å². The minimum absolute atomic E-state index is 0.0604. The van der Waals surface area contributed by atoms with Gasteiger partial charge in [0, 0.05) is 6.54 Å². The molecule has 0 saturated carbocycles. The molecule has 112 valence electrons. The molecule has 0 spiro atoms. The number of para-hydroxylation sites is 1. The number of benzene rings is 1. The van der Waals surface area contributed by atoms with E-state index in [9.17, 15) is 4.79 Å². The molecule has 2 aromatic rings. The van der Waals surface area contributed by atoms with Crippen LogP contribution in [0.4, 0.5) is 0 Å². The fourth-order valence-corrected chi connectivity index (χ4v) is 2.52. The molecular formula is C16H16N4O2. The van der Waals surface area contributed by atoms with Crippen LogP contribution in [0.25, 0.3) is 0 Å². The number of nitrogens with zero attached hydrogens (tertiary/aromatic N) is 4. The monoisotopic (exact) mass is 296 g/mol. The highest BCUT2D eigenvalue weighted by atomic mass is 16.5. The molecule has 1 amide bonds. The maximum absolute atomic E-state index is 12.5. The van der Waals surface area contributed by atoms with Gasteiger partial charge in [0.15, 0.2) is 11.8 Å². The van der Waals surface area contributed by atoms with Crippen molar-refractivity contribution in [1.82, 2.24) is 14.7 Å². The van der Waals surface area contributed by atoms with E-state index in [1.807, 2.05) is 36.4 Å². The normalized spacial score (nSPS) is 14.8. The van der Waals surface area contributed by atoms with E-state index in [1.165, 1.54) is 0 Å². The van der Waals surface area contributed by atoms with E-state index in [1.54, 1.807) is 22.6 Å². The van der Waals surface area contributed by atoms with Gasteiger partial charge in [-0.05, 0) is 25.1 Å². The van der Waals surface area contributed by atoms with Crippen molar-refractivity contribution in [2.75, 3.05) is 6.54 Å². The molecule has 22 heavy (non-hydrogen) atoms. The molecule has 0 N–H and O–H groups in total. The lowest BCUT2D eigenvalue weighted by molar-refractivity contribution is -0.139. The van der Waals surface area contributed by atoms with Gasteiger partial charge in [0.05, 0.1) is 18.8 Å². The summed E-state index contributed by atoms with van der Waals surface area (Å²) < 4.78 is 7.46. The minimum atomic E-state index is -0.549. The molecule has 2 heterocycles.